The van der Waals surface area contributed by atoms with E-state index in [0.717, 1.165) is 25.0 Å². The Hall–Kier alpha value is -1.84. The Morgan fingerprint density at radius 3 is 1.40 bits per heavy atom. The van der Waals surface area contributed by atoms with Crippen LogP contribution in [0.2, 0.25) is 8.87 Å². The molecule has 0 aromatic carbocycles. The normalized spacial score (nSPS) is 11.6. The van der Waals surface area contributed by atoms with E-state index in [2.05, 4.69) is 0 Å². The molecule has 0 spiro atoms. The molecular formula is C16H24O8Sn. The van der Waals surface area contributed by atoms with Gasteiger partial charge in [0, 0.05) is 0 Å². The average molecular weight is 463 g/mol. The summed E-state index contributed by atoms with van der Waals surface area (Å²) in [4.78, 5) is 44.9. The van der Waals surface area contributed by atoms with Crippen molar-refractivity contribution in [2.45, 2.75) is 48.4 Å². The second-order valence-electron chi connectivity index (χ2n) is 5.30. The zero-order valence-corrected chi connectivity index (χ0v) is 17.3. The van der Waals surface area contributed by atoms with Gasteiger partial charge in [0.05, 0.1) is 0 Å². The Bertz CT molecular complexity index is 490. The van der Waals surface area contributed by atoms with Crippen LogP contribution < -0.4 is 0 Å². The van der Waals surface area contributed by atoms with Gasteiger partial charge >= 0.3 is 151 Å². The molecule has 0 unspecified atom stereocenters. The summed E-state index contributed by atoms with van der Waals surface area (Å²) in [5, 5.41) is 17.2. The maximum atomic E-state index is 11.9. The van der Waals surface area contributed by atoms with Crippen molar-refractivity contribution in [1.82, 2.24) is 0 Å². The molecule has 140 valence electrons. The SMILES string of the molecule is CCC[CH2][Sn]([CH2]CCC)([O]C(=O)C=CC(=O)O)[O]C(=O)C=CC(=O)O. The molecule has 0 aromatic rings. The number of carboxylic acids is 2. The fraction of sp³-hybridized carbons (Fsp3) is 0.500. The molecule has 0 heterocycles. The van der Waals surface area contributed by atoms with E-state index in [4.69, 9.17) is 16.4 Å². The zero-order chi connectivity index (χ0) is 19.3. The van der Waals surface area contributed by atoms with Crippen LogP contribution in [0.1, 0.15) is 39.5 Å². The first kappa shape index (κ1) is 23.2. The van der Waals surface area contributed by atoms with Crippen molar-refractivity contribution >= 4 is 43.1 Å². The van der Waals surface area contributed by atoms with Crippen LogP contribution in [-0.4, -0.2) is 53.3 Å². The number of hydrogen-bond donors (Lipinski definition) is 2. The number of rotatable bonds is 12. The van der Waals surface area contributed by atoms with Crippen LogP contribution >= 0.6 is 0 Å². The molecular weight excluding hydrogens is 439 g/mol. The maximum absolute atomic E-state index is 11.9. The molecule has 0 saturated heterocycles. The van der Waals surface area contributed by atoms with Gasteiger partial charge < -0.3 is 0 Å². The topological polar surface area (TPSA) is 127 Å². The van der Waals surface area contributed by atoms with E-state index in [1.807, 2.05) is 13.8 Å². The predicted molar refractivity (Wildman–Crippen MR) is 90.9 cm³/mol. The van der Waals surface area contributed by atoms with E-state index in [9.17, 15) is 19.2 Å². The average Bonchev–Trinajstić information content (AvgIpc) is 2.54. The third-order valence-electron chi connectivity index (χ3n) is 3.12. The van der Waals surface area contributed by atoms with E-state index >= 15 is 0 Å². The van der Waals surface area contributed by atoms with Crippen molar-refractivity contribution in [2.24, 2.45) is 0 Å². The molecule has 0 bridgehead atoms. The fourth-order valence-electron chi connectivity index (χ4n) is 1.96. The second kappa shape index (κ2) is 12.5. The summed E-state index contributed by atoms with van der Waals surface area (Å²) in [5.74, 6) is -4.30. The Balaban J connectivity index is 5.38. The van der Waals surface area contributed by atoms with Gasteiger partial charge in [-0.15, -0.1) is 0 Å². The van der Waals surface area contributed by atoms with Crippen LogP contribution in [0.4, 0.5) is 0 Å². The molecule has 0 aromatic heterocycles. The molecule has 8 nitrogen and oxygen atoms in total. The van der Waals surface area contributed by atoms with Gasteiger partial charge in [-0.25, -0.2) is 0 Å². The van der Waals surface area contributed by atoms with Crippen molar-refractivity contribution in [1.29, 1.82) is 0 Å². The van der Waals surface area contributed by atoms with Crippen LogP contribution in [0, 0.1) is 0 Å². The first-order valence-corrected chi connectivity index (χ1v) is 14.4. The predicted octanol–water partition coefficient (Wildman–Crippen LogP) is 2.40. The Kier molecular flexibility index (Phi) is 11.6. The summed E-state index contributed by atoms with van der Waals surface area (Å²) in [6.45, 7) is 3.88. The van der Waals surface area contributed by atoms with E-state index < -0.39 is 43.1 Å². The van der Waals surface area contributed by atoms with Gasteiger partial charge in [-0.05, 0) is 0 Å². The van der Waals surface area contributed by atoms with Crippen molar-refractivity contribution < 1.29 is 35.5 Å². The molecule has 0 amide bonds. The van der Waals surface area contributed by atoms with Crippen LogP contribution in [0.15, 0.2) is 24.3 Å². The number of carbonyl (C=O) groups is 4. The molecule has 25 heavy (non-hydrogen) atoms. The van der Waals surface area contributed by atoms with Gasteiger partial charge in [-0.1, -0.05) is 0 Å². The van der Waals surface area contributed by atoms with Gasteiger partial charge in [0.15, 0.2) is 0 Å². The fourth-order valence-corrected chi connectivity index (χ4v) is 11.5. The molecule has 9 heteroatoms. The molecule has 0 atom stereocenters. The van der Waals surface area contributed by atoms with Crippen LogP contribution in [0.5, 0.6) is 0 Å². The molecule has 0 radical (unpaired) electrons. The minimum atomic E-state index is -4.18. The Labute approximate surface area is 151 Å². The summed E-state index contributed by atoms with van der Waals surface area (Å²) >= 11 is -4.18. The number of aliphatic carboxylic acids is 2. The van der Waals surface area contributed by atoms with Crippen molar-refractivity contribution in [3.63, 3.8) is 0 Å². The van der Waals surface area contributed by atoms with Gasteiger partial charge in [0.25, 0.3) is 0 Å². The van der Waals surface area contributed by atoms with Crippen molar-refractivity contribution in [3.05, 3.63) is 24.3 Å². The first-order valence-electron chi connectivity index (χ1n) is 8.02. The minimum absolute atomic E-state index is 0.435. The van der Waals surface area contributed by atoms with E-state index in [-0.39, 0.29) is 0 Å². The van der Waals surface area contributed by atoms with Crippen LogP contribution in [-0.2, 0) is 25.3 Å². The van der Waals surface area contributed by atoms with Gasteiger partial charge in [-0.2, -0.15) is 0 Å². The molecule has 0 aliphatic carbocycles. The van der Waals surface area contributed by atoms with Crippen LogP contribution in [0.25, 0.3) is 0 Å². The quantitative estimate of drug-likeness (QED) is 0.334. The number of unbranched alkanes of at least 4 members (excludes halogenated alkanes) is 2. The molecule has 2 N–H and O–H groups in total. The second-order valence-corrected chi connectivity index (χ2v) is 14.5. The van der Waals surface area contributed by atoms with Gasteiger partial charge in [-0.3, -0.25) is 0 Å². The summed E-state index contributed by atoms with van der Waals surface area (Å²) < 4.78 is 11.8. The number of carboxylic acid groups (broad SMARTS) is 2. The molecule has 0 saturated carbocycles. The standard InChI is InChI=1S/2C4H4O4.2C4H9.Sn/c2*5-3(6)1-2-4(7)8;2*1-3-4-2;/h2*1-2H,(H,5,6)(H,7,8);2*1,3-4H2,2H3;/q;;;;+2/p-2. The van der Waals surface area contributed by atoms with Crippen molar-refractivity contribution in [3.8, 4) is 0 Å². The van der Waals surface area contributed by atoms with E-state index in [0.29, 0.717) is 33.9 Å². The van der Waals surface area contributed by atoms with Crippen LogP contribution in [0.3, 0.4) is 0 Å². The number of carbonyl (C=O) groups excluding carboxylic acids is 2. The molecule has 0 rings (SSSR count). The third-order valence-corrected chi connectivity index (χ3v) is 12.8. The molecule has 0 aliphatic heterocycles. The first-order chi connectivity index (χ1) is 11.7. The van der Waals surface area contributed by atoms with Crippen molar-refractivity contribution in [2.75, 3.05) is 0 Å². The Morgan fingerprint density at radius 1 is 0.760 bits per heavy atom. The summed E-state index contributed by atoms with van der Waals surface area (Å²) in [5.41, 5.74) is 0. The monoisotopic (exact) mass is 464 g/mol. The number of hydrogen-bond acceptors (Lipinski definition) is 6. The Morgan fingerprint density at radius 2 is 1.12 bits per heavy atom. The summed E-state index contributed by atoms with van der Waals surface area (Å²) in [6.07, 6.45) is 5.86. The summed E-state index contributed by atoms with van der Waals surface area (Å²) in [7, 11) is 0. The van der Waals surface area contributed by atoms with E-state index in [1.54, 1.807) is 0 Å². The zero-order valence-electron chi connectivity index (χ0n) is 14.4. The van der Waals surface area contributed by atoms with Gasteiger partial charge in [0.2, 0.25) is 0 Å². The molecule has 0 aliphatic rings. The van der Waals surface area contributed by atoms with E-state index in [1.165, 1.54) is 0 Å². The third kappa shape index (κ3) is 11.4. The molecule has 0 fully saturated rings. The summed E-state index contributed by atoms with van der Waals surface area (Å²) in [6, 6.07) is 0. The van der Waals surface area contributed by atoms with Gasteiger partial charge in [0.1, 0.15) is 0 Å².